The van der Waals surface area contributed by atoms with Crippen molar-refractivity contribution in [3.63, 3.8) is 0 Å². The van der Waals surface area contributed by atoms with Crippen molar-refractivity contribution in [2.75, 3.05) is 6.61 Å². The van der Waals surface area contributed by atoms with Crippen LogP contribution in [0, 0.1) is 0 Å². The minimum atomic E-state index is -1.37. The Morgan fingerprint density at radius 2 is 2.05 bits per heavy atom. The number of carboxylic acid groups (broad SMARTS) is 1. The molecule has 6 nitrogen and oxygen atoms in total. The van der Waals surface area contributed by atoms with Crippen LogP contribution in [0.1, 0.15) is 10.4 Å². The molecule has 3 N–H and O–H groups in total. The molecule has 0 aliphatic heterocycles. The summed E-state index contributed by atoms with van der Waals surface area (Å²) in [6.07, 6.45) is 0. The van der Waals surface area contributed by atoms with Gasteiger partial charge in [-0.15, -0.1) is 0 Å². The van der Waals surface area contributed by atoms with E-state index >= 15 is 0 Å². The molecule has 0 spiro atoms. The van der Waals surface area contributed by atoms with Crippen LogP contribution in [0.2, 0.25) is 5.15 Å². The number of nitrogens with zero attached hydrogens (tertiary/aromatic N) is 1. The Kier molecular flexibility index (Phi) is 4.16. The summed E-state index contributed by atoms with van der Waals surface area (Å²) in [7, 11) is 0. The molecule has 0 aliphatic carbocycles. The number of benzene rings is 1. The normalized spacial score (nSPS) is 12.1. The quantitative estimate of drug-likeness (QED) is 0.732. The molecule has 1 atom stereocenters. The fourth-order valence-corrected chi connectivity index (χ4v) is 1.95. The van der Waals surface area contributed by atoms with Crippen LogP contribution in [0.15, 0.2) is 30.3 Å². The average Bonchev–Trinajstić information content (AvgIpc) is 2.43. The maximum Gasteiger partial charge on any atom is 0.328 e. The van der Waals surface area contributed by atoms with Crippen molar-refractivity contribution < 1.29 is 19.8 Å². The fourth-order valence-electron chi connectivity index (χ4n) is 1.75. The lowest BCUT2D eigenvalue weighted by Gasteiger charge is -2.13. The summed E-state index contributed by atoms with van der Waals surface area (Å²) in [6, 6.07) is 6.85. The van der Waals surface area contributed by atoms with Gasteiger partial charge < -0.3 is 15.5 Å². The van der Waals surface area contributed by atoms with E-state index in [2.05, 4.69) is 10.3 Å². The number of aliphatic carboxylic acids is 1. The number of para-hydroxylation sites is 1. The standard InChI is InChI=1S/C13H11ClN2O4/c14-11-5-8(7-3-1-2-4-9(7)15-11)12(18)16-10(6-17)13(19)20/h1-5,10,17H,6H2,(H,16,18)(H,19,20). The topological polar surface area (TPSA) is 99.5 Å². The smallest absolute Gasteiger partial charge is 0.328 e. The van der Waals surface area contributed by atoms with E-state index in [4.69, 9.17) is 21.8 Å². The fraction of sp³-hybridized carbons (Fsp3) is 0.154. The van der Waals surface area contributed by atoms with Gasteiger partial charge in [0.15, 0.2) is 6.04 Å². The zero-order chi connectivity index (χ0) is 14.7. The highest BCUT2D eigenvalue weighted by Gasteiger charge is 2.21. The van der Waals surface area contributed by atoms with Crippen molar-refractivity contribution in [1.29, 1.82) is 0 Å². The number of rotatable bonds is 4. The number of hydrogen-bond donors (Lipinski definition) is 3. The van der Waals surface area contributed by atoms with Gasteiger partial charge in [0.2, 0.25) is 0 Å². The Hall–Kier alpha value is -2.18. The van der Waals surface area contributed by atoms with E-state index in [0.717, 1.165) is 0 Å². The van der Waals surface area contributed by atoms with Crippen LogP contribution in [0.3, 0.4) is 0 Å². The van der Waals surface area contributed by atoms with Crippen LogP contribution < -0.4 is 5.32 Å². The van der Waals surface area contributed by atoms with Gasteiger partial charge in [-0.05, 0) is 12.1 Å². The lowest BCUT2D eigenvalue weighted by Crippen LogP contribution is -2.43. The van der Waals surface area contributed by atoms with Gasteiger partial charge >= 0.3 is 5.97 Å². The van der Waals surface area contributed by atoms with E-state index in [9.17, 15) is 9.59 Å². The molecule has 1 heterocycles. The van der Waals surface area contributed by atoms with E-state index < -0.39 is 24.5 Å². The maximum atomic E-state index is 12.1. The van der Waals surface area contributed by atoms with Crippen LogP contribution in [-0.2, 0) is 4.79 Å². The second kappa shape index (κ2) is 5.85. The molecule has 0 aliphatic rings. The minimum absolute atomic E-state index is 0.129. The molecule has 104 valence electrons. The van der Waals surface area contributed by atoms with E-state index in [1.807, 2.05) is 0 Å². The number of aliphatic hydroxyl groups is 1. The second-order valence-electron chi connectivity index (χ2n) is 4.06. The Labute approximate surface area is 119 Å². The van der Waals surface area contributed by atoms with Crippen LogP contribution in [-0.4, -0.2) is 39.7 Å². The first-order chi connectivity index (χ1) is 9.52. The third-order valence-corrected chi connectivity index (χ3v) is 2.91. The van der Waals surface area contributed by atoms with Gasteiger partial charge in [-0.2, -0.15) is 0 Å². The van der Waals surface area contributed by atoms with Gasteiger partial charge in [0, 0.05) is 5.39 Å². The molecule has 1 aromatic heterocycles. The lowest BCUT2D eigenvalue weighted by atomic mass is 10.1. The first-order valence-corrected chi connectivity index (χ1v) is 6.10. The van der Waals surface area contributed by atoms with Gasteiger partial charge in [0.25, 0.3) is 5.91 Å². The number of aliphatic hydroxyl groups excluding tert-OH is 1. The highest BCUT2D eigenvalue weighted by atomic mass is 35.5. The second-order valence-corrected chi connectivity index (χ2v) is 4.44. The van der Waals surface area contributed by atoms with Crippen LogP contribution in [0.4, 0.5) is 0 Å². The molecule has 2 rings (SSSR count). The molecular weight excluding hydrogens is 284 g/mol. The molecule has 1 aromatic carbocycles. The number of aromatic nitrogens is 1. The Morgan fingerprint density at radius 1 is 1.35 bits per heavy atom. The van der Waals surface area contributed by atoms with Crippen LogP contribution in [0.5, 0.6) is 0 Å². The molecule has 1 unspecified atom stereocenters. The van der Waals surface area contributed by atoms with Crippen molar-refractivity contribution >= 4 is 34.4 Å². The van der Waals surface area contributed by atoms with E-state index in [0.29, 0.717) is 10.9 Å². The molecule has 0 fully saturated rings. The first kappa shape index (κ1) is 14.2. The summed E-state index contributed by atoms with van der Waals surface area (Å²) in [5.41, 5.74) is 0.737. The number of carbonyl (C=O) groups is 2. The predicted octanol–water partition coefficient (Wildman–Crippen LogP) is 1.06. The molecule has 0 radical (unpaired) electrons. The van der Waals surface area contributed by atoms with Crippen molar-refractivity contribution in [1.82, 2.24) is 10.3 Å². The van der Waals surface area contributed by atoms with E-state index in [-0.39, 0.29) is 10.7 Å². The summed E-state index contributed by atoms with van der Waals surface area (Å²) in [5.74, 6) is -1.95. The molecular formula is C13H11ClN2O4. The van der Waals surface area contributed by atoms with Crippen molar-refractivity contribution in [3.05, 3.63) is 41.0 Å². The molecule has 2 aromatic rings. The summed E-state index contributed by atoms with van der Waals surface area (Å²) < 4.78 is 0. The SMILES string of the molecule is O=C(NC(CO)C(=O)O)c1cc(Cl)nc2ccccc12. The zero-order valence-corrected chi connectivity index (χ0v) is 11.0. The number of carboxylic acids is 1. The van der Waals surface area contributed by atoms with Crippen LogP contribution >= 0.6 is 11.6 Å². The molecule has 0 bridgehead atoms. The number of carbonyl (C=O) groups excluding carboxylic acids is 1. The number of hydrogen-bond acceptors (Lipinski definition) is 4. The Bertz CT molecular complexity index is 674. The minimum Gasteiger partial charge on any atom is -0.480 e. The third-order valence-electron chi connectivity index (χ3n) is 2.72. The van der Waals surface area contributed by atoms with E-state index in [1.165, 1.54) is 6.07 Å². The molecule has 7 heteroatoms. The van der Waals surface area contributed by atoms with Gasteiger partial charge in [0.05, 0.1) is 17.7 Å². The first-order valence-electron chi connectivity index (χ1n) is 5.72. The summed E-state index contributed by atoms with van der Waals surface area (Å²) in [5, 5.41) is 20.7. The van der Waals surface area contributed by atoms with Gasteiger partial charge in [0.1, 0.15) is 5.15 Å². The molecule has 0 saturated heterocycles. The number of pyridine rings is 1. The number of fused-ring (bicyclic) bond motifs is 1. The average molecular weight is 295 g/mol. The van der Waals surface area contributed by atoms with Crippen LogP contribution in [0.25, 0.3) is 10.9 Å². The Morgan fingerprint density at radius 3 is 2.70 bits per heavy atom. The van der Waals surface area contributed by atoms with Gasteiger partial charge in [-0.3, -0.25) is 4.79 Å². The molecule has 20 heavy (non-hydrogen) atoms. The maximum absolute atomic E-state index is 12.1. The number of nitrogens with one attached hydrogen (secondary N) is 1. The van der Waals surface area contributed by atoms with Crippen molar-refractivity contribution in [2.24, 2.45) is 0 Å². The summed E-state index contributed by atoms with van der Waals surface area (Å²) in [6.45, 7) is -0.697. The number of amides is 1. The lowest BCUT2D eigenvalue weighted by molar-refractivity contribution is -0.140. The predicted molar refractivity (Wildman–Crippen MR) is 72.7 cm³/mol. The van der Waals surface area contributed by atoms with Gasteiger partial charge in [-0.1, -0.05) is 29.8 Å². The monoisotopic (exact) mass is 294 g/mol. The third kappa shape index (κ3) is 2.87. The van der Waals surface area contributed by atoms with Crippen molar-refractivity contribution in [2.45, 2.75) is 6.04 Å². The largest absolute Gasteiger partial charge is 0.480 e. The highest BCUT2D eigenvalue weighted by Crippen LogP contribution is 2.20. The molecule has 1 amide bonds. The molecule has 0 saturated carbocycles. The van der Waals surface area contributed by atoms with Crippen molar-refractivity contribution in [3.8, 4) is 0 Å². The van der Waals surface area contributed by atoms with E-state index in [1.54, 1.807) is 24.3 Å². The van der Waals surface area contributed by atoms with Gasteiger partial charge in [-0.25, -0.2) is 9.78 Å². The zero-order valence-electron chi connectivity index (χ0n) is 10.2. The highest BCUT2D eigenvalue weighted by molar-refractivity contribution is 6.30. The number of halogens is 1. The summed E-state index contributed by atoms with van der Waals surface area (Å²) in [4.78, 5) is 27.0. The Balaban J connectivity index is 2.41. The summed E-state index contributed by atoms with van der Waals surface area (Å²) >= 11 is 5.84.